The number of thioether (sulfide) groups is 1. The van der Waals surface area contributed by atoms with E-state index in [1.165, 1.54) is 0 Å². The highest BCUT2D eigenvalue weighted by Crippen LogP contribution is 2.36. The predicted octanol–water partition coefficient (Wildman–Crippen LogP) is 5.01. The van der Waals surface area contributed by atoms with Gasteiger partial charge in [0.25, 0.3) is 5.92 Å². The number of halogens is 3. The van der Waals surface area contributed by atoms with Crippen molar-refractivity contribution >= 4 is 29.3 Å². The van der Waals surface area contributed by atoms with Crippen LogP contribution in [-0.4, -0.2) is 48.2 Å². The van der Waals surface area contributed by atoms with Crippen molar-refractivity contribution in [2.75, 3.05) is 25.4 Å². The Morgan fingerprint density at radius 1 is 1.21 bits per heavy atom. The topological polar surface area (TPSA) is 32.3 Å². The molecule has 7 heteroatoms. The molecule has 154 valence electrons. The summed E-state index contributed by atoms with van der Waals surface area (Å²) in [4.78, 5) is 14.7. The van der Waals surface area contributed by atoms with E-state index in [-0.39, 0.29) is 30.2 Å². The molecule has 0 aromatic heterocycles. The van der Waals surface area contributed by atoms with Crippen LogP contribution in [-0.2, 0) is 4.79 Å². The zero-order valence-electron chi connectivity index (χ0n) is 15.9. The Morgan fingerprint density at radius 3 is 2.79 bits per heavy atom. The minimum Gasteiger partial charge on any atom is -0.351 e. The Balaban J connectivity index is 1.47. The minimum absolute atomic E-state index is 0.0558. The molecule has 2 aliphatic rings. The first kappa shape index (κ1) is 20.6. The molecule has 0 radical (unpaired) electrons. The molecule has 1 amide bonds. The molecule has 2 saturated heterocycles. The van der Waals surface area contributed by atoms with Crippen molar-refractivity contribution in [3.05, 3.63) is 59.1 Å². The second-order valence-corrected chi connectivity index (χ2v) is 9.31. The van der Waals surface area contributed by atoms with Gasteiger partial charge < -0.3 is 5.32 Å². The summed E-state index contributed by atoms with van der Waals surface area (Å²) in [5.41, 5.74) is 2.84. The van der Waals surface area contributed by atoms with Gasteiger partial charge >= 0.3 is 0 Å². The van der Waals surface area contributed by atoms with E-state index in [4.69, 9.17) is 11.6 Å². The lowest BCUT2D eigenvalue weighted by Crippen LogP contribution is -2.43. The Morgan fingerprint density at radius 2 is 2.03 bits per heavy atom. The van der Waals surface area contributed by atoms with Gasteiger partial charge in [-0.05, 0) is 35.4 Å². The molecule has 2 heterocycles. The van der Waals surface area contributed by atoms with E-state index in [1.54, 1.807) is 16.7 Å². The fourth-order valence-electron chi connectivity index (χ4n) is 3.98. The van der Waals surface area contributed by atoms with Crippen LogP contribution >= 0.6 is 23.4 Å². The van der Waals surface area contributed by atoms with Gasteiger partial charge in [-0.1, -0.05) is 48.0 Å². The van der Waals surface area contributed by atoms with E-state index in [9.17, 15) is 13.6 Å². The van der Waals surface area contributed by atoms with E-state index in [1.807, 2.05) is 48.5 Å². The van der Waals surface area contributed by atoms with E-state index in [2.05, 4.69) is 5.32 Å². The van der Waals surface area contributed by atoms with Gasteiger partial charge in [0.05, 0.1) is 6.54 Å². The standard InChI is InChI=1S/C22H23ClF2N2OS/c23-19-7-2-1-6-18(19)15-4-3-5-16(12-15)20-21(28)26-17(8-11-29-20)13-27-10-9-22(24,25)14-27/h1-7,12,17,20H,8-11,13-14H2,(H,26,28)/t17-,20+/m0/s1. The molecular weight excluding hydrogens is 414 g/mol. The summed E-state index contributed by atoms with van der Waals surface area (Å²) in [6.45, 7) is 0.653. The lowest BCUT2D eigenvalue weighted by Gasteiger charge is -2.23. The largest absolute Gasteiger partial charge is 0.351 e. The van der Waals surface area contributed by atoms with Crippen molar-refractivity contribution in [3.8, 4) is 11.1 Å². The zero-order valence-corrected chi connectivity index (χ0v) is 17.5. The maximum absolute atomic E-state index is 13.5. The second kappa shape index (κ2) is 8.62. The molecule has 0 aliphatic carbocycles. The van der Waals surface area contributed by atoms with Crippen LogP contribution < -0.4 is 5.32 Å². The molecular formula is C22H23ClF2N2OS. The van der Waals surface area contributed by atoms with Gasteiger partial charge in [0.15, 0.2) is 0 Å². The number of amides is 1. The van der Waals surface area contributed by atoms with Crippen LogP contribution in [0.15, 0.2) is 48.5 Å². The van der Waals surface area contributed by atoms with Crippen molar-refractivity contribution in [1.82, 2.24) is 10.2 Å². The predicted molar refractivity (Wildman–Crippen MR) is 115 cm³/mol. The summed E-state index contributed by atoms with van der Waals surface area (Å²) in [6, 6.07) is 15.4. The van der Waals surface area contributed by atoms with E-state index >= 15 is 0 Å². The number of carbonyl (C=O) groups excluding carboxylic acids is 1. The number of likely N-dealkylation sites (tertiary alicyclic amines) is 1. The lowest BCUT2D eigenvalue weighted by molar-refractivity contribution is -0.121. The van der Waals surface area contributed by atoms with E-state index in [0.717, 1.165) is 28.9 Å². The maximum Gasteiger partial charge on any atom is 0.261 e. The highest BCUT2D eigenvalue weighted by Gasteiger charge is 2.39. The third-order valence-electron chi connectivity index (χ3n) is 5.44. The molecule has 0 saturated carbocycles. The summed E-state index contributed by atoms with van der Waals surface area (Å²) in [7, 11) is 0. The first-order chi connectivity index (χ1) is 13.9. The summed E-state index contributed by atoms with van der Waals surface area (Å²) < 4.78 is 26.9. The molecule has 2 atom stereocenters. The van der Waals surface area contributed by atoms with Crippen LogP contribution in [0.1, 0.15) is 23.7 Å². The number of hydrogen-bond acceptors (Lipinski definition) is 3. The SMILES string of the molecule is O=C1N[C@H](CN2CCC(F)(F)C2)CCS[C@@H]1c1cccc(-c2ccccc2Cl)c1. The van der Waals surface area contributed by atoms with E-state index in [0.29, 0.717) is 18.1 Å². The van der Waals surface area contributed by atoms with Crippen molar-refractivity contribution in [2.24, 2.45) is 0 Å². The third-order valence-corrected chi connectivity index (χ3v) is 7.06. The summed E-state index contributed by atoms with van der Waals surface area (Å²) in [6.07, 6.45) is 0.680. The average Bonchev–Trinajstić information content (AvgIpc) is 2.92. The Labute approximate surface area is 178 Å². The van der Waals surface area contributed by atoms with Crippen LogP contribution in [0.25, 0.3) is 11.1 Å². The van der Waals surface area contributed by atoms with Crippen molar-refractivity contribution in [2.45, 2.75) is 30.1 Å². The molecule has 0 unspecified atom stereocenters. The average molecular weight is 437 g/mol. The molecule has 0 spiro atoms. The van der Waals surface area contributed by atoms with Gasteiger partial charge in [-0.2, -0.15) is 0 Å². The fourth-order valence-corrected chi connectivity index (χ4v) is 5.44. The summed E-state index contributed by atoms with van der Waals surface area (Å²) in [5, 5.41) is 3.43. The minimum atomic E-state index is -2.61. The van der Waals surface area contributed by atoms with E-state index < -0.39 is 5.92 Å². The molecule has 4 rings (SSSR count). The fraction of sp³-hybridized carbons (Fsp3) is 0.409. The molecule has 2 aliphatic heterocycles. The molecule has 29 heavy (non-hydrogen) atoms. The van der Waals surface area contributed by atoms with Gasteiger partial charge in [0, 0.05) is 36.1 Å². The zero-order chi connectivity index (χ0) is 20.4. The molecule has 0 bridgehead atoms. The summed E-state index contributed by atoms with van der Waals surface area (Å²) >= 11 is 7.93. The maximum atomic E-state index is 13.5. The highest BCUT2D eigenvalue weighted by atomic mass is 35.5. The molecule has 2 fully saturated rings. The van der Waals surface area contributed by atoms with Crippen LogP contribution in [0.4, 0.5) is 8.78 Å². The number of carbonyl (C=O) groups is 1. The first-order valence-corrected chi connectivity index (χ1v) is 11.2. The van der Waals surface area contributed by atoms with Crippen LogP contribution in [0.2, 0.25) is 5.02 Å². The van der Waals surface area contributed by atoms with Crippen LogP contribution in [0.5, 0.6) is 0 Å². The molecule has 2 aromatic rings. The van der Waals surface area contributed by atoms with Crippen molar-refractivity contribution < 1.29 is 13.6 Å². The Hall–Kier alpha value is -1.63. The smallest absolute Gasteiger partial charge is 0.261 e. The molecule has 1 N–H and O–H groups in total. The van der Waals surface area contributed by atoms with Gasteiger partial charge in [-0.15, -0.1) is 11.8 Å². The monoisotopic (exact) mass is 436 g/mol. The molecule has 2 aromatic carbocycles. The van der Waals surface area contributed by atoms with Gasteiger partial charge in [0.2, 0.25) is 5.91 Å². The Kier molecular flexibility index (Phi) is 6.13. The number of hydrogen-bond donors (Lipinski definition) is 1. The third kappa shape index (κ3) is 4.93. The lowest BCUT2D eigenvalue weighted by atomic mass is 10.0. The number of nitrogens with one attached hydrogen (secondary N) is 1. The van der Waals surface area contributed by atoms with Gasteiger partial charge in [0.1, 0.15) is 5.25 Å². The van der Waals surface area contributed by atoms with Crippen molar-refractivity contribution in [1.29, 1.82) is 0 Å². The number of nitrogens with zero attached hydrogens (tertiary/aromatic N) is 1. The summed E-state index contributed by atoms with van der Waals surface area (Å²) in [5.74, 6) is -1.86. The quantitative estimate of drug-likeness (QED) is 0.731. The second-order valence-electron chi connectivity index (χ2n) is 7.69. The van der Waals surface area contributed by atoms with Crippen LogP contribution in [0.3, 0.4) is 0 Å². The van der Waals surface area contributed by atoms with Gasteiger partial charge in [-0.25, -0.2) is 8.78 Å². The van der Waals surface area contributed by atoms with Gasteiger partial charge in [-0.3, -0.25) is 9.69 Å². The highest BCUT2D eigenvalue weighted by molar-refractivity contribution is 8.00. The number of benzene rings is 2. The normalized spacial score (nSPS) is 24.9. The number of rotatable bonds is 4. The Bertz CT molecular complexity index is 895. The first-order valence-electron chi connectivity index (χ1n) is 9.78. The number of alkyl halides is 2. The van der Waals surface area contributed by atoms with Crippen LogP contribution in [0, 0.1) is 0 Å². The molecule has 3 nitrogen and oxygen atoms in total. The van der Waals surface area contributed by atoms with Crippen molar-refractivity contribution in [3.63, 3.8) is 0 Å².